The number of para-hydroxylation sites is 2. The highest BCUT2D eigenvalue weighted by atomic mass is 16.5. The van der Waals surface area contributed by atoms with Gasteiger partial charge in [-0.1, -0.05) is 24.3 Å². The van der Waals surface area contributed by atoms with Crippen LogP contribution >= 0.6 is 0 Å². The summed E-state index contributed by atoms with van der Waals surface area (Å²) in [5.74, 6) is 0.374. The SMILES string of the molecule is COc1ccccc1NC(=O)c1ccc(CN2CC(=O)N3CCC[C@H]3C2=O)cc1. The lowest BCUT2D eigenvalue weighted by atomic mass is 10.1. The van der Waals surface area contributed by atoms with Gasteiger partial charge in [-0.2, -0.15) is 0 Å². The number of amides is 3. The Morgan fingerprint density at radius 1 is 1.14 bits per heavy atom. The molecule has 29 heavy (non-hydrogen) atoms. The van der Waals surface area contributed by atoms with Gasteiger partial charge in [0.25, 0.3) is 5.91 Å². The van der Waals surface area contributed by atoms with E-state index in [0.29, 0.717) is 30.1 Å². The number of hydrogen-bond acceptors (Lipinski definition) is 4. The molecule has 0 spiro atoms. The Morgan fingerprint density at radius 2 is 1.90 bits per heavy atom. The molecule has 2 fully saturated rings. The minimum Gasteiger partial charge on any atom is -0.495 e. The van der Waals surface area contributed by atoms with E-state index in [1.807, 2.05) is 24.3 Å². The molecule has 2 aliphatic heterocycles. The maximum Gasteiger partial charge on any atom is 0.255 e. The first-order chi connectivity index (χ1) is 14.1. The highest BCUT2D eigenvalue weighted by Gasteiger charge is 2.41. The van der Waals surface area contributed by atoms with E-state index in [0.717, 1.165) is 18.4 Å². The minimum atomic E-state index is -0.304. The summed E-state index contributed by atoms with van der Waals surface area (Å²) in [4.78, 5) is 40.7. The summed E-state index contributed by atoms with van der Waals surface area (Å²) in [6, 6.07) is 14.0. The lowest BCUT2D eigenvalue weighted by Gasteiger charge is -2.36. The number of rotatable bonds is 5. The summed E-state index contributed by atoms with van der Waals surface area (Å²) < 4.78 is 5.25. The third-order valence-electron chi connectivity index (χ3n) is 5.44. The molecule has 1 atom stereocenters. The molecule has 0 radical (unpaired) electrons. The van der Waals surface area contributed by atoms with Crippen molar-refractivity contribution in [1.29, 1.82) is 0 Å². The van der Waals surface area contributed by atoms with Gasteiger partial charge in [0, 0.05) is 18.7 Å². The maximum absolute atomic E-state index is 12.7. The number of nitrogens with one attached hydrogen (secondary N) is 1. The lowest BCUT2D eigenvalue weighted by Crippen LogP contribution is -2.56. The Labute approximate surface area is 169 Å². The van der Waals surface area contributed by atoms with Crippen LogP contribution in [0, 0.1) is 0 Å². The fourth-order valence-electron chi connectivity index (χ4n) is 3.92. The monoisotopic (exact) mass is 393 g/mol. The van der Waals surface area contributed by atoms with Crippen molar-refractivity contribution in [2.24, 2.45) is 0 Å². The van der Waals surface area contributed by atoms with Crippen LogP contribution in [0.15, 0.2) is 48.5 Å². The smallest absolute Gasteiger partial charge is 0.255 e. The van der Waals surface area contributed by atoms with Crippen LogP contribution in [-0.2, 0) is 16.1 Å². The molecule has 2 aliphatic rings. The summed E-state index contributed by atoms with van der Waals surface area (Å²) in [7, 11) is 1.55. The zero-order chi connectivity index (χ0) is 20.4. The number of piperazine rings is 1. The van der Waals surface area contributed by atoms with Crippen LogP contribution < -0.4 is 10.1 Å². The number of nitrogens with zero attached hydrogens (tertiary/aromatic N) is 2. The van der Waals surface area contributed by atoms with Gasteiger partial charge >= 0.3 is 0 Å². The second-order valence-electron chi connectivity index (χ2n) is 7.29. The van der Waals surface area contributed by atoms with E-state index in [1.165, 1.54) is 0 Å². The third kappa shape index (κ3) is 3.81. The number of benzene rings is 2. The van der Waals surface area contributed by atoms with Gasteiger partial charge in [0.2, 0.25) is 11.8 Å². The number of carbonyl (C=O) groups is 3. The van der Waals surface area contributed by atoms with Gasteiger partial charge in [0.15, 0.2) is 0 Å². The first-order valence-electron chi connectivity index (χ1n) is 9.68. The molecule has 7 nitrogen and oxygen atoms in total. The molecular formula is C22H23N3O4. The van der Waals surface area contributed by atoms with Gasteiger partial charge < -0.3 is 19.9 Å². The molecule has 2 heterocycles. The molecule has 2 aromatic carbocycles. The van der Waals surface area contributed by atoms with Crippen molar-refractivity contribution in [2.75, 3.05) is 25.5 Å². The number of methoxy groups -OCH3 is 1. The Hall–Kier alpha value is -3.35. The van der Waals surface area contributed by atoms with E-state index in [1.54, 1.807) is 41.2 Å². The van der Waals surface area contributed by atoms with Gasteiger partial charge in [0.05, 0.1) is 12.8 Å². The largest absolute Gasteiger partial charge is 0.495 e. The number of hydrogen-bond donors (Lipinski definition) is 1. The maximum atomic E-state index is 12.7. The molecule has 0 aliphatic carbocycles. The molecule has 4 rings (SSSR count). The zero-order valence-corrected chi connectivity index (χ0v) is 16.3. The van der Waals surface area contributed by atoms with Crippen LogP contribution in [0.4, 0.5) is 5.69 Å². The fourth-order valence-corrected chi connectivity index (χ4v) is 3.92. The van der Waals surface area contributed by atoms with Crippen LogP contribution in [0.2, 0.25) is 0 Å². The van der Waals surface area contributed by atoms with Gasteiger partial charge in [-0.05, 0) is 42.7 Å². The number of carbonyl (C=O) groups excluding carboxylic acids is 3. The predicted molar refractivity (Wildman–Crippen MR) is 108 cm³/mol. The first-order valence-corrected chi connectivity index (χ1v) is 9.68. The highest BCUT2D eigenvalue weighted by molar-refractivity contribution is 6.05. The minimum absolute atomic E-state index is 0.0138. The molecule has 150 valence electrons. The molecule has 0 bridgehead atoms. The van der Waals surface area contributed by atoms with E-state index in [2.05, 4.69) is 5.32 Å². The van der Waals surface area contributed by atoms with Crippen molar-refractivity contribution in [1.82, 2.24) is 9.80 Å². The zero-order valence-electron chi connectivity index (χ0n) is 16.3. The summed E-state index contributed by atoms with van der Waals surface area (Å²) in [5, 5.41) is 2.84. The third-order valence-corrected chi connectivity index (χ3v) is 5.44. The quantitative estimate of drug-likeness (QED) is 0.845. The number of fused-ring (bicyclic) bond motifs is 1. The van der Waals surface area contributed by atoms with Crippen LogP contribution in [0.25, 0.3) is 0 Å². The predicted octanol–water partition coefficient (Wildman–Crippen LogP) is 2.28. The van der Waals surface area contributed by atoms with Gasteiger partial charge in [-0.3, -0.25) is 14.4 Å². The Morgan fingerprint density at radius 3 is 2.66 bits per heavy atom. The normalized spacial score (nSPS) is 18.6. The molecule has 2 aromatic rings. The summed E-state index contributed by atoms with van der Waals surface area (Å²) >= 11 is 0. The number of ether oxygens (including phenoxy) is 1. The number of anilines is 1. The Balaban J connectivity index is 1.42. The van der Waals surface area contributed by atoms with Crippen molar-refractivity contribution >= 4 is 23.4 Å². The van der Waals surface area contributed by atoms with E-state index in [4.69, 9.17) is 4.74 Å². The Bertz CT molecular complexity index is 941. The van der Waals surface area contributed by atoms with Crippen LogP contribution in [-0.4, -0.2) is 53.8 Å². The molecule has 0 saturated carbocycles. The molecule has 2 saturated heterocycles. The average Bonchev–Trinajstić information content (AvgIpc) is 3.23. The van der Waals surface area contributed by atoms with Gasteiger partial charge in [-0.25, -0.2) is 0 Å². The van der Waals surface area contributed by atoms with E-state index >= 15 is 0 Å². The molecule has 1 N–H and O–H groups in total. The molecular weight excluding hydrogens is 370 g/mol. The highest BCUT2D eigenvalue weighted by Crippen LogP contribution is 2.25. The van der Waals surface area contributed by atoms with Crippen molar-refractivity contribution < 1.29 is 19.1 Å². The van der Waals surface area contributed by atoms with Crippen LogP contribution in [0.3, 0.4) is 0 Å². The Kier molecular flexibility index (Phi) is 5.20. The second kappa shape index (κ2) is 7.95. The average molecular weight is 393 g/mol. The van der Waals surface area contributed by atoms with Gasteiger partial charge in [0.1, 0.15) is 18.3 Å². The standard InChI is InChI=1S/C22H23N3O4/c1-29-19-7-3-2-5-17(19)23-21(27)16-10-8-15(9-11-16)13-24-14-20(26)25-12-4-6-18(25)22(24)28/h2-3,5,7-11,18H,4,6,12-14H2,1H3,(H,23,27)/t18-/m0/s1. The summed E-state index contributed by atoms with van der Waals surface area (Å²) in [6.45, 7) is 1.16. The topological polar surface area (TPSA) is 79.0 Å². The van der Waals surface area contributed by atoms with Crippen molar-refractivity contribution in [2.45, 2.75) is 25.4 Å². The van der Waals surface area contributed by atoms with Gasteiger partial charge in [-0.15, -0.1) is 0 Å². The summed E-state index contributed by atoms with van der Waals surface area (Å²) in [6.07, 6.45) is 1.62. The van der Waals surface area contributed by atoms with Crippen LogP contribution in [0.5, 0.6) is 5.75 Å². The summed E-state index contributed by atoms with van der Waals surface area (Å²) in [5.41, 5.74) is 1.98. The molecule has 0 unspecified atom stereocenters. The van der Waals surface area contributed by atoms with E-state index < -0.39 is 0 Å². The van der Waals surface area contributed by atoms with Crippen molar-refractivity contribution in [3.8, 4) is 5.75 Å². The first kappa shape index (κ1) is 19.0. The fraction of sp³-hybridized carbons (Fsp3) is 0.318. The van der Waals surface area contributed by atoms with Crippen molar-refractivity contribution in [3.05, 3.63) is 59.7 Å². The molecule has 3 amide bonds. The second-order valence-corrected chi connectivity index (χ2v) is 7.29. The van der Waals surface area contributed by atoms with E-state index in [9.17, 15) is 14.4 Å². The molecule has 0 aromatic heterocycles. The lowest BCUT2D eigenvalue weighted by molar-refractivity contribution is -0.154. The van der Waals surface area contributed by atoms with Crippen molar-refractivity contribution in [3.63, 3.8) is 0 Å². The molecule has 7 heteroatoms. The van der Waals surface area contributed by atoms with Crippen LogP contribution in [0.1, 0.15) is 28.8 Å². The van der Waals surface area contributed by atoms with E-state index in [-0.39, 0.29) is 30.3 Å².